The molecule has 6 nitrogen and oxygen atoms in total. The van der Waals surface area contributed by atoms with Gasteiger partial charge < -0.3 is 10.2 Å². The Morgan fingerprint density at radius 1 is 1.18 bits per heavy atom. The van der Waals surface area contributed by atoms with Crippen molar-refractivity contribution in [3.63, 3.8) is 0 Å². The van der Waals surface area contributed by atoms with Crippen LogP contribution in [0.2, 0.25) is 0 Å². The van der Waals surface area contributed by atoms with E-state index in [9.17, 15) is 22.0 Å². The van der Waals surface area contributed by atoms with Gasteiger partial charge in [0.25, 0.3) is 0 Å². The van der Waals surface area contributed by atoms with Crippen LogP contribution in [0.3, 0.4) is 0 Å². The molecule has 2 N–H and O–H groups in total. The average Bonchev–Trinajstić information content (AvgIpc) is 2.62. The molecule has 0 aromatic heterocycles. The highest BCUT2D eigenvalue weighted by molar-refractivity contribution is 7.92. The van der Waals surface area contributed by atoms with Gasteiger partial charge in [-0.2, -0.15) is 0 Å². The Kier molecular flexibility index (Phi) is 5.83. The van der Waals surface area contributed by atoms with E-state index in [1.807, 2.05) is 11.0 Å². The lowest BCUT2D eigenvalue weighted by Crippen LogP contribution is -2.33. The number of benzene rings is 2. The van der Waals surface area contributed by atoms with E-state index < -0.39 is 21.7 Å². The van der Waals surface area contributed by atoms with E-state index in [-0.39, 0.29) is 18.0 Å². The van der Waals surface area contributed by atoms with Crippen molar-refractivity contribution in [2.45, 2.75) is 19.3 Å². The molecule has 1 aliphatic heterocycles. The Labute approximate surface area is 162 Å². The fraction of sp³-hybridized carbons (Fsp3) is 0.316. The number of sulfonamides is 1. The topological polar surface area (TPSA) is 78.5 Å². The summed E-state index contributed by atoms with van der Waals surface area (Å²) in [5, 5.41) is 2.55. The first-order valence-corrected chi connectivity index (χ1v) is 10.7. The smallest absolute Gasteiger partial charge is 0.229 e. The second kappa shape index (κ2) is 8.14. The summed E-state index contributed by atoms with van der Waals surface area (Å²) in [4.78, 5) is 14.2. The molecule has 0 spiro atoms. The van der Waals surface area contributed by atoms with E-state index in [1.54, 1.807) is 12.1 Å². The standard InChI is InChI=1S/C19H21F2N3O3S/c1-28(26,27)23-17-5-2-6-18-14(17)4-3-10-24(18)11-9-19(25)22-13-7-8-15(20)16(21)12-13/h2,5-8,12,23H,3-4,9-11H2,1H3,(H,22,25). The number of carbonyl (C=O) groups is 1. The van der Waals surface area contributed by atoms with Crippen LogP contribution in [0, 0.1) is 11.6 Å². The zero-order chi connectivity index (χ0) is 20.3. The Hall–Kier alpha value is -2.68. The molecule has 0 aliphatic carbocycles. The Morgan fingerprint density at radius 2 is 1.96 bits per heavy atom. The predicted octanol–water partition coefficient (Wildman–Crippen LogP) is 3.12. The van der Waals surface area contributed by atoms with Gasteiger partial charge in [0.05, 0.1) is 11.9 Å². The van der Waals surface area contributed by atoms with Crippen LogP contribution in [0.25, 0.3) is 0 Å². The molecule has 1 amide bonds. The van der Waals surface area contributed by atoms with Gasteiger partial charge in [0.15, 0.2) is 11.6 Å². The van der Waals surface area contributed by atoms with Crippen LogP contribution in [0.1, 0.15) is 18.4 Å². The fourth-order valence-corrected chi connectivity index (χ4v) is 3.85. The molecule has 150 valence electrons. The van der Waals surface area contributed by atoms with E-state index in [0.717, 1.165) is 49.0 Å². The van der Waals surface area contributed by atoms with Crippen molar-refractivity contribution in [1.29, 1.82) is 0 Å². The third-order valence-corrected chi connectivity index (χ3v) is 5.04. The van der Waals surface area contributed by atoms with Gasteiger partial charge in [-0.1, -0.05) is 6.07 Å². The lowest BCUT2D eigenvalue weighted by atomic mass is 10.00. The number of hydrogen-bond donors (Lipinski definition) is 2. The summed E-state index contributed by atoms with van der Waals surface area (Å²) in [6, 6.07) is 8.59. The maximum atomic E-state index is 13.2. The highest BCUT2D eigenvalue weighted by Crippen LogP contribution is 2.33. The highest BCUT2D eigenvalue weighted by atomic mass is 32.2. The highest BCUT2D eigenvalue weighted by Gasteiger charge is 2.21. The summed E-state index contributed by atoms with van der Waals surface area (Å²) in [6.45, 7) is 1.17. The van der Waals surface area contributed by atoms with E-state index in [4.69, 9.17) is 0 Å². The lowest BCUT2D eigenvalue weighted by Gasteiger charge is -2.32. The molecule has 0 radical (unpaired) electrons. The van der Waals surface area contributed by atoms with Crippen molar-refractivity contribution in [3.8, 4) is 0 Å². The average molecular weight is 409 g/mol. The number of nitrogens with zero attached hydrogens (tertiary/aromatic N) is 1. The summed E-state index contributed by atoms with van der Waals surface area (Å²) in [7, 11) is -3.39. The van der Waals surface area contributed by atoms with Crippen LogP contribution in [0.5, 0.6) is 0 Å². The van der Waals surface area contributed by atoms with Crippen LogP contribution in [0.4, 0.5) is 25.8 Å². The number of carbonyl (C=O) groups excluding carboxylic acids is 1. The third kappa shape index (κ3) is 4.98. The molecular weight excluding hydrogens is 388 g/mol. The van der Waals surface area contributed by atoms with E-state index in [2.05, 4.69) is 10.0 Å². The van der Waals surface area contributed by atoms with Gasteiger partial charge in [0, 0.05) is 37.0 Å². The minimum absolute atomic E-state index is 0.155. The number of halogens is 2. The lowest BCUT2D eigenvalue weighted by molar-refractivity contribution is -0.116. The van der Waals surface area contributed by atoms with Gasteiger partial charge in [0.2, 0.25) is 15.9 Å². The molecule has 0 unspecified atom stereocenters. The van der Waals surface area contributed by atoms with Gasteiger partial charge in [-0.3, -0.25) is 9.52 Å². The molecule has 0 fully saturated rings. The van der Waals surface area contributed by atoms with Crippen LogP contribution in [-0.2, 0) is 21.2 Å². The van der Waals surface area contributed by atoms with Gasteiger partial charge >= 0.3 is 0 Å². The van der Waals surface area contributed by atoms with Crippen molar-refractivity contribution in [1.82, 2.24) is 0 Å². The number of anilines is 3. The van der Waals surface area contributed by atoms with Crippen LogP contribution >= 0.6 is 0 Å². The van der Waals surface area contributed by atoms with Crippen LogP contribution < -0.4 is 14.9 Å². The number of amides is 1. The molecule has 2 aromatic carbocycles. The molecule has 0 saturated carbocycles. The van der Waals surface area contributed by atoms with Crippen molar-refractivity contribution < 1.29 is 22.0 Å². The van der Waals surface area contributed by atoms with E-state index in [0.29, 0.717) is 12.2 Å². The molecule has 28 heavy (non-hydrogen) atoms. The summed E-state index contributed by atoms with van der Waals surface area (Å²) in [5.41, 5.74) is 2.54. The SMILES string of the molecule is CS(=O)(=O)Nc1cccc2c1CCCN2CCC(=O)Nc1ccc(F)c(F)c1. The number of rotatable bonds is 6. The summed E-state index contributed by atoms with van der Waals surface area (Å²) in [6.07, 6.45) is 2.84. The minimum Gasteiger partial charge on any atom is -0.371 e. The normalized spacial score (nSPS) is 13.8. The van der Waals surface area contributed by atoms with E-state index >= 15 is 0 Å². The molecule has 0 atom stereocenters. The first-order chi connectivity index (χ1) is 13.2. The van der Waals surface area contributed by atoms with E-state index in [1.165, 1.54) is 6.07 Å². The van der Waals surface area contributed by atoms with Crippen molar-refractivity contribution in [2.75, 3.05) is 34.3 Å². The summed E-state index contributed by atoms with van der Waals surface area (Å²) < 4.78 is 51.9. The second-order valence-electron chi connectivity index (χ2n) is 6.70. The Morgan fingerprint density at radius 3 is 2.68 bits per heavy atom. The number of fused-ring (bicyclic) bond motifs is 1. The first-order valence-electron chi connectivity index (χ1n) is 8.82. The number of hydrogen-bond acceptors (Lipinski definition) is 4. The monoisotopic (exact) mass is 409 g/mol. The minimum atomic E-state index is -3.39. The maximum absolute atomic E-state index is 13.2. The quantitative estimate of drug-likeness (QED) is 0.769. The zero-order valence-electron chi connectivity index (χ0n) is 15.3. The van der Waals surface area contributed by atoms with Crippen molar-refractivity contribution >= 4 is 33.0 Å². The number of nitrogens with one attached hydrogen (secondary N) is 2. The van der Waals surface area contributed by atoms with Crippen LogP contribution in [0.15, 0.2) is 36.4 Å². The van der Waals surface area contributed by atoms with Gasteiger partial charge in [-0.15, -0.1) is 0 Å². The molecule has 0 bridgehead atoms. The van der Waals surface area contributed by atoms with Gasteiger partial charge in [-0.25, -0.2) is 17.2 Å². The molecule has 0 saturated heterocycles. The van der Waals surface area contributed by atoms with Crippen LogP contribution in [-0.4, -0.2) is 33.7 Å². The fourth-order valence-electron chi connectivity index (χ4n) is 3.26. The zero-order valence-corrected chi connectivity index (χ0v) is 16.2. The molecule has 2 aromatic rings. The molecular formula is C19H21F2N3O3S. The predicted molar refractivity (Wildman–Crippen MR) is 105 cm³/mol. The Balaban J connectivity index is 1.67. The molecule has 1 heterocycles. The second-order valence-corrected chi connectivity index (χ2v) is 8.44. The summed E-state index contributed by atoms with van der Waals surface area (Å²) in [5.74, 6) is -2.31. The van der Waals surface area contributed by atoms with Crippen molar-refractivity contribution in [3.05, 3.63) is 53.6 Å². The largest absolute Gasteiger partial charge is 0.371 e. The molecule has 9 heteroatoms. The Bertz CT molecular complexity index is 996. The molecule has 1 aliphatic rings. The van der Waals surface area contributed by atoms with Gasteiger partial charge in [0.1, 0.15) is 0 Å². The molecule has 3 rings (SSSR count). The maximum Gasteiger partial charge on any atom is 0.229 e. The third-order valence-electron chi connectivity index (χ3n) is 4.45. The van der Waals surface area contributed by atoms with Gasteiger partial charge in [-0.05, 0) is 42.7 Å². The van der Waals surface area contributed by atoms with Crippen molar-refractivity contribution in [2.24, 2.45) is 0 Å². The summed E-state index contributed by atoms with van der Waals surface area (Å²) >= 11 is 0. The first kappa shape index (κ1) is 20.1.